The predicted octanol–water partition coefficient (Wildman–Crippen LogP) is 2.38. The molecule has 0 aliphatic rings. The Labute approximate surface area is 132 Å². The number of nitrogens with zero attached hydrogens (tertiary/aromatic N) is 2. The number of aliphatic imine (C=N–C) groups is 1. The van der Waals surface area contributed by atoms with Crippen molar-refractivity contribution in [3.05, 3.63) is 60.2 Å². The Balaban J connectivity index is 1.94. The largest absolute Gasteiger partial charge is 0.507 e. The van der Waals surface area contributed by atoms with E-state index in [1.165, 1.54) is 12.5 Å². The molecule has 0 bridgehead atoms. The second kappa shape index (κ2) is 6.31. The van der Waals surface area contributed by atoms with Crippen LogP contribution in [0, 0.1) is 0 Å². The molecule has 0 amide bonds. The number of hydrogen-bond donors (Lipinski definition) is 3. The van der Waals surface area contributed by atoms with Crippen LogP contribution in [0.5, 0.6) is 5.75 Å². The van der Waals surface area contributed by atoms with E-state index in [0.717, 1.165) is 10.8 Å². The van der Waals surface area contributed by atoms with Gasteiger partial charge in [0, 0.05) is 30.1 Å². The average molecular weight is 309 g/mol. The van der Waals surface area contributed by atoms with Crippen molar-refractivity contribution >= 4 is 23.0 Å². The summed E-state index contributed by atoms with van der Waals surface area (Å²) >= 11 is 0. The van der Waals surface area contributed by atoms with E-state index >= 15 is 0 Å². The molecular weight excluding hydrogens is 294 g/mol. The van der Waals surface area contributed by atoms with E-state index in [-0.39, 0.29) is 12.2 Å². The maximum Gasteiger partial charge on any atom is 0.328 e. The van der Waals surface area contributed by atoms with E-state index < -0.39 is 12.0 Å². The van der Waals surface area contributed by atoms with Gasteiger partial charge in [0.1, 0.15) is 5.75 Å². The van der Waals surface area contributed by atoms with Gasteiger partial charge in [0.25, 0.3) is 0 Å². The number of benzene rings is 2. The maximum atomic E-state index is 11.4. The summed E-state index contributed by atoms with van der Waals surface area (Å²) in [7, 11) is 0. The van der Waals surface area contributed by atoms with Gasteiger partial charge in [-0.15, -0.1) is 0 Å². The number of H-pyrrole nitrogens is 1. The Morgan fingerprint density at radius 1 is 1.30 bits per heavy atom. The Hall–Kier alpha value is -3.15. The second-order valence-corrected chi connectivity index (χ2v) is 5.13. The molecule has 2 aromatic carbocycles. The number of aromatic nitrogens is 2. The molecule has 0 aliphatic heterocycles. The number of aromatic amines is 1. The lowest BCUT2D eigenvalue weighted by atomic mass is 10.0. The Kier molecular flexibility index (Phi) is 4.05. The summed E-state index contributed by atoms with van der Waals surface area (Å²) in [6, 6.07) is 9.98. The molecule has 3 aromatic rings. The summed E-state index contributed by atoms with van der Waals surface area (Å²) in [5.41, 5.74) is 1.20. The zero-order valence-corrected chi connectivity index (χ0v) is 12.2. The first-order valence-electron chi connectivity index (χ1n) is 7.09. The van der Waals surface area contributed by atoms with E-state index in [4.69, 9.17) is 0 Å². The van der Waals surface area contributed by atoms with Crippen LogP contribution in [-0.2, 0) is 11.2 Å². The van der Waals surface area contributed by atoms with Gasteiger partial charge in [-0.25, -0.2) is 9.78 Å². The van der Waals surface area contributed by atoms with Crippen LogP contribution >= 0.6 is 0 Å². The number of rotatable bonds is 5. The highest BCUT2D eigenvalue weighted by molar-refractivity contribution is 6.02. The molecule has 0 fully saturated rings. The highest BCUT2D eigenvalue weighted by Crippen LogP contribution is 2.25. The molecule has 23 heavy (non-hydrogen) atoms. The number of imidazole rings is 1. The van der Waals surface area contributed by atoms with E-state index in [1.54, 1.807) is 18.3 Å². The molecule has 3 rings (SSSR count). The van der Waals surface area contributed by atoms with Crippen molar-refractivity contribution in [1.29, 1.82) is 0 Å². The predicted molar refractivity (Wildman–Crippen MR) is 86.9 cm³/mol. The molecule has 0 radical (unpaired) electrons. The van der Waals surface area contributed by atoms with Gasteiger partial charge >= 0.3 is 5.97 Å². The summed E-state index contributed by atoms with van der Waals surface area (Å²) in [6.45, 7) is 0. The summed E-state index contributed by atoms with van der Waals surface area (Å²) in [6.07, 6.45) is 4.69. The van der Waals surface area contributed by atoms with Crippen LogP contribution < -0.4 is 0 Å². The lowest BCUT2D eigenvalue weighted by Gasteiger charge is -2.08. The highest BCUT2D eigenvalue weighted by atomic mass is 16.4. The molecule has 116 valence electrons. The fourth-order valence-corrected chi connectivity index (χ4v) is 2.39. The quantitative estimate of drug-likeness (QED) is 0.630. The van der Waals surface area contributed by atoms with E-state index in [2.05, 4.69) is 15.0 Å². The maximum absolute atomic E-state index is 11.4. The number of fused-ring (bicyclic) bond motifs is 1. The van der Waals surface area contributed by atoms with Crippen LogP contribution in [0.2, 0.25) is 0 Å². The Bertz CT molecular complexity index is 857. The zero-order valence-electron chi connectivity index (χ0n) is 12.2. The molecule has 1 aromatic heterocycles. The van der Waals surface area contributed by atoms with Gasteiger partial charge in [-0.05, 0) is 16.8 Å². The number of aliphatic carboxylic acids is 1. The van der Waals surface area contributed by atoms with Gasteiger partial charge in [0.15, 0.2) is 6.04 Å². The molecular formula is C17H15N3O3. The molecule has 0 aliphatic carbocycles. The minimum atomic E-state index is -1.03. The van der Waals surface area contributed by atoms with E-state index in [9.17, 15) is 15.0 Å². The first kappa shape index (κ1) is 14.8. The van der Waals surface area contributed by atoms with Crippen LogP contribution in [0.4, 0.5) is 0 Å². The van der Waals surface area contributed by atoms with Crippen molar-refractivity contribution < 1.29 is 15.0 Å². The smallest absolute Gasteiger partial charge is 0.328 e. The average Bonchev–Trinajstić information content (AvgIpc) is 3.05. The summed E-state index contributed by atoms with van der Waals surface area (Å²) < 4.78 is 0. The van der Waals surface area contributed by atoms with Gasteiger partial charge in [-0.3, -0.25) is 4.99 Å². The number of nitrogens with one attached hydrogen (secondary N) is 1. The van der Waals surface area contributed by atoms with Gasteiger partial charge in [0.2, 0.25) is 0 Å². The minimum Gasteiger partial charge on any atom is -0.507 e. The Morgan fingerprint density at radius 3 is 2.87 bits per heavy atom. The molecule has 0 unspecified atom stereocenters. The molecule has 1 heterocycles. The number of carbonyl (C=O) groups is 1. The lowest BCUT2D eigenvalue weighted by Crippen LogP contribution is -2.21. The van der Waals surface area contributed by atoms with E-state index in [1.807, 2.05) is 24.3 Å². The van der Waals surface area contributed by atoms with Crippen LogP contribution in [0.25, 0.3) is 10.8 Å². The van der Waals surface area contributed by atoms with Crippen molar-refractivity contribution in [2.24, 2.45) is 4.99 Å². The van der Waals surface area contributed by atoms with Crippen LogP contribution in [0.1, 0.15) is 11.3 Å². The lowest BCUT2D eigenvalue weighted by molar-refractivity contribution is -0.138. The summed E-state index contributed by atoms with van der Waals surface area (Å²) in [4.78, 5) is 22.3. The monoisotopic (exact) mass is 309 g/mol. The number of aromatic hydroxyl groups is 1. The van der Waals surface area contributed by atoms with Crippen LogP contribution in [0.3, 0.4) is 0 Å². The molecule has 0 spiro atoms. The first-order valence-corrected chi connectivity index (χ1v) is 7.09. The molecule has 0 saturated carbocycles. The summed E-state index contributed by atoms with van der Waals surface area (Å²) in [5.74, 6) is -0.964. The van der Waals surface area contributed by atoms with Gasteiger partial charge in [-0.1, -0.05) is 30.3 Å². The van der Waals surface area contributed by atoms with E-state index in [0.29, 0.717) is 11.3 Å². The third-order valence-corrected chi connectivity index (χ3v) is 3.58. The fourth-order valence-electron chi connectivity index (χ4n) is 2.39. The molecule has 6 nitrogen and oxygen atoms in total. The van der Waals surface area contributed by atoms with Crippen molar-refractivity contribution in [3.63, 3.8) is 0 Å². The van der Waals surface area contributed by atoms with Crippen LogP contribution in [0.15, 0.2) is 53.9 Å². The standard InChI is InChI=1S/C17H15N3O3/c21-16-6-5-11-3-1-2-4-13(11)14(16)9-19-15(17(22)23)7-12-8-18-10-20-12/h1-6,8-10,15,21H,7H2,(H,18,20)(H,22,23)/t15-/m1/s1. The number of hydrogen-bond acceptors (Lipinski definition) is 4. The molecule has 6 heteroatoms. The highest BCUT2D eigenvalue weighted by Gasteiger charge is 2.17. The zero-order chi connectivity index (χ0) is 16.2. The third-order valence-electron chi connectivity index (χ3n) is 3.58. The number of carboxylic acid groups (broad SMARTS) is 1. The minimum absolute atomic E-state index is 0.0677. The molecule has 3 N–H and O–H groups in total. The van der Waals surface area contributed by atoms with Crippen molar-refractivity contribution in [3.8, 4) is 5.75 Å². The third kappa shape index (κ3) is 3.21. The first-order chi connectivity index (χ1) is 11.1. The van der Waals surface area contributed by atoms with Gasteiger partial charge < -0.3 is 15.2 Å². The van der Waals surface area contributed by atoms with Gasteiger partial charge in [0.05, 0.1) is 6.33 Å². The number of phenolic OH excluding ortho intramolecular Hbond substituents is 1. The van der Waals surface area contributed by atoms with Crippen molar-refractivity contribution in [1.82, 2.24) is 9.97 Å². The number of carboxylic acids is 1. The normalized spacial score (nSPS) is 12.7. The molecule has 0 saturated heterocycles. The SMILES string of the molecule is O=C(O)[C@@H](Cc1cnc[nH]1)N=Cc1c(O)ccc2ccccc12. The molecule has 1 atom stereocenters. The van der Waals surface area contributed by atoms with Crippen molar-refractivity contribution in [2.75, 3.05) is 0 Å². The second-order valence-electron chi connectivity index (χ2n) is 5.13. The summed E-state index contributed by atoms with van der Waals surface area (Å²) in [5, 5.41) is 21.2. The fraction of sp³-hybridized carbons (Fsp3) is 0.118. The Morgan fingerprint density at radius 2 is 2.13 bits per heavy atom. The van der Waals surface area contributed by atoms with Gasteiger partial charge in [-0.2, -0.15) is 0 Å². The van der Waals surface area contributed by atoms with Crippen LogP contribution in [-0.4, -0.2) is 38.4 Å². The number of phenols is 1. The van der Waals surface area contributed by atoms with Crippen molar-refractivity contribution in [2.45, 2.75) is 12.5 Å². The topological polar surface area (TPSA) is 98.6 Å².